The van der Waals surface area contributed by atoms with Gasteiger partial charge in [0, 0.05) is 43.8 Å². The summed E-state index contributed by atoms with van der Waals surface area (Å²) in [5, 5.41) is 3.07. The van der Waals surface area contributed by atoms with E-state index in [4.69, 9.17) is 0 Å². The van der Waals surface area contributed by atoms with Crippen molar-refractivity contribution >= 4 is 23.3 Å². The van der Waals surface area contributed by atoms with Crippen molar-refractivity contribution in [3.05, 3.63) is 18.3 Å². The van der Waals surface area contributed by atoms with E-state index in [1.807, 2.05) is 25.0 Å². The van der Waals surface area contributed by atoms with Crippen LogP contribution in [0.4, 0.5) is 11.5 Å². The van der Waals surface area contributed by atoms with Crippen molar-refractivity contribution in [2.45, 2.75) is 19.4 Å². The van der Waals surface area contributed by atoms with E-state index in [0.717, 1.165) is 18.0 Å². The molecular weight excluding hydrogens is 218 g/mol. The second-order valence-corrected chi connectivity index (χ2v) is 4.69. The zero-order valence-corrected chi connectivity index (χ0v) is 11.3. The van der Waals surface area contributed by atoms with Gasteiger partial charge in [-0.1, -0.05) is 6.92 Å². The molecule has 1 aromatic rings. The first-order valence-electron chi connectivity index (χ1n) is 5.58. The quantitative estimate of drug-likeness (QED) is 0.826. The number of anilines is 2. The summed E-state index contributed by atoms with van der Waals surface area (Å²) in [6.07, 6.45) is 5.17. The van der Waals surface area contributed by atoms with Crippen LogP contribution < -0.4 is 10.2 Å². The van der Waals surface area contributed by atoms with Crippen LogP contribution in [-0.2, 0) is 0 Å². The maximum Gasteiger partial charge on any atom is 0.127 e. The molecule has 0 saturated carbocycles. The van der Waals surface area contributed by atoms with Gasteiger partial charge in [0.1, 0.15) is 5.82 Å². The molecule has 3 nitrogen and oxygen atoms in total. The van der Waals surface area contributed by atoms with Gasteiger partial charge >= 0.3 is 0 Å². The Morgan fingerprint density at radius 2 is 2.31 bits per heavy atom. The highest BCUT2D eigenvalue weighted by Crippen LogP contribution is 2.20. The third-order valence-electron chi connectivity index (χ3n) is 2.78. The number of rotatable bonds is 6. The second-order valence-electron chi connectivity index (χ2n) is 3.78. The fraction of sp³-hybridized carbons (Fsp3) is 0.583. The molecule has 0 bridgehead atoms. The summed E-state index contributed by atoms with van der Waals surface area (Å²) in [4.78, 5) is 6.56. The van der Waals surface area contributed by atoms with Gasteiger partial charge in [0.2, 0.25) is 0 Å². The fourth-order valence-electron chi connectivity index (χ4n) is 1.68. The van der Waals surface area contributed by atoms with Crippen molar-refractivity contribution in [1.29, 1.82) is 0 Å². The van der Waals surface area contributed by atoms with Gasteiger partial charge in [0.25, 0.3) is 0 Å². The monoisotopic (exact) mass is 239 g/mol. The molecule has 0 radical (unpaired) electrons. The van der Waals surface area contributed by atoms with Gasteiger partial charge < -0.3 is 10.2 Å². The van der Waals surface area contributed by atoms with E-state index in [2.05, 4.69) is 47.6 Å². The van der Waals surface area contributed by atoms with Crippen LogP contribution in [0, 0.1) is 0 Å². The highest BCUT2D eigenvalue weighted by Gasteiger charge is 2.12. The Balaban J connectivity index is 2.80. The maximum absolute atomic E-state index is 4.23. The van der Waals surface area contributed by atoms with Crippen LogP contribution >= 0.6 is 11.8 Å². The first-order chi connectivity index (χ1) is 7.72. The molecule has 0 aliphatic carbocycles. The van der Waals surface area contributed by atoms with Gasteiger partial charge in [-0.15, -0.1) is 0 Å². The first kappa shape index (κ1) is 13.2. The highest BCUT2D eigenvalue weighted by molar-refractivity contribution is 7.98. The normalized spacial score (nSPS) is 12.2. The predicted molar refractivity (Wildman–Crippen MR) is 74.6 cm³/mol. The van der Waals surface area contributed by atoms with E-state index in [1.54, 1.807) is 0 Å². The van der Waals surface area contributed by atoms with Crippen LogP contribution in [0.5, 0.6) is 0 Å². The van der Waals surface area contributed by atoms with E-state index >= 15 is 0 Å². The van der Waals surface area contributed by atoms with E-state index in [0.29, 0.717) is 6.04 Å². The fourth-order valence-corrected chi connectivity index (χ4v) is 2.53. The Morgan fingerprint density at radius 1 is 1.56 bits per heavy atom. The minimum atomic E-state index is 0.585. The molecule has 1 rings (SSSR count). The Hall–Kier alpha value is -0.900. The minimum absolute atomic E-state index is 0.585. The molecule has 90 valence electrons. The average molecular weight is 239 g/mol. The Labute approximate surface area is 103 Å². The van der Waals surface area contributed by atoms with Crippen molar-refractivity contribution in [2.75, 3.05) is 36.3 Å². The van der Waals surface area contributed by atoms with E-state index < -0.39 is 0 Å². The SMILES string of the molecule is CCC(CSC)N(C)c1ccnc(NC)c1. The number of aromatic nitrogens is 1. The highest BCUT2D eigenvalue weighted by atomic mass is 32.2. The second kappa shape index (κ2) is 6.63. The summed E-state index contributed by atoms with van der Waals surface area (Å²) < 4.78 is 0. The van der Waals surface area contributed by atoms with Crippen LogP contribution in [-0.4, -0.2) is 37.1 Å². The van der Waals surface area contributed by atoms with E-state index in [-0.39, 0.29) is 0 Å². The van der Waals surface area contributed by atoms with Crippen molar-refractivity contribution < 1.29 is 0 Å². The number of thioether (sulfide) groups is 1. The van der Waals surface area contributed by atoms with Gasteiger partial charge in [-0.3, -0.25) is 0 Å². The van der Waals surface area contributed by atoms with Crippen LogP contribution in [0.2, 0.25) is 0 Å². The van der Waals surface area contributed by atoms with Crippen molar-refractivity contribution in [3.8, 4) is 0 Å². The lowest BCUT2D eigenvalue weighted by atomic mass is 10.2. The summed E-state index contributed by atoms with van der Waals surface area (Å²) in [6.45, 7) is 2.23. The topological polar surface area (TPSA) is 28.2 Å². The lowest BCUT2D eigenvalue weighted by Crippen LogP contribution is -2.33. The molecule has 4 heteroatoms. The third kappa shape index (κ3) is 3.30. The molecule has 16 heavy (non-hydrogen) atoms. The number of hydrogen-bond donors (Lipinski definition) is 1. The molecule has 0 amide bonds. The zero-order valence-electron chi connectivity index (χ0n) is 10.5. The largest absolute Gasteiger partial charge is 0.373 e. The number of hydrogen-bond acceptors (Lipinski definition) is 4. The van der Waals surface area contributed by atoms with Crippen molar-refractivity contribution in [3.63, 3.8) is 0 Å². The lowest BCUT2D eigenvalue weighted by molar-refractivity contribution is 0.673. The van der Waals surface area contributed by atoms with Gasteiger partial charge in [-0.25, -0.2) is 4.98 Å². The van der Waals surface area contributed by atoms with Gasteiger partial charge in [-0.2, -0.15) is 11.8 Å². The molecule has 0 aliphatic rings. The Kier molecular flexibility index (Phi) is 5.46. The molecular formula is C12H21N3S. The number of nitrogens with zero attached hydrogens (tertiary/aromatic N) is 2. The summed E-state index contributed by atoms with van der Waals surface area (Å²) in [6, 6.07) is 4.73. The minimum Gasteiger partial charge on any atom is -0.373 e. The molecule has 0 fully saturated rings. The molecule has 1 unspecified atom stereocenters. The van der Waals surface area contributed by atoms with Crippen LogP contribution in [0.3, 0.4) is 0 Å². The number of pyridine rings is 1. The first-order valence-corrected chi connectivity index (χ1v) is 6.97. The maximum atomic E-state index is 4.23. The molecule has 1 aromatic heterocycles. The molecule has 1 heterocycles. The number of nitrogens with one attached hydrogen (secondary N) is 1. The molecule has 0 spiro atoms. The molecule has 1 atom stereocenters. The summed E-state index contributed by atoms with van der Waals surface area (Å²) in [5.74, 6) is 2.08. The van der Waals surface area contributed by atoms with Gasteiger partial charge in [0.15, 0.2) is 0 Å². The smallest absolute Gasteiger partial charge is 0.127 e. The molecule has 0 aliphatic heterocycles. The predicted octanol–water partition coefficient (Wildman–Crippen LogP) is 2.70. The summed E-state index contributed by atoms with van der Waals surface area (Å²) >= 11 is 1.89. The summed E-state index contributed by atoms with van der Waals surface area (Å²) in [7, 11) is 4.05. The van der Waals surface area contributed by atoms with Crippen molar-refractivity contribution in [1.82, 2.24) is 4.98 Å². The van der Waals surface area contributed by atoms with Crippen LogP contribution in [0.15, 0.2) is 18.3 Å². The Bertz CT molecular complexity index is 317. The van der Waals surface area contributed by atoms with E-state index in [1.165, 1.54) is 5.69 Å². The summed E-state index contributed by atoms with van der Waals surface area (Å²) in [5.41, 5.74) is 1.22. The Morgan fingerprint density at radius 3 is 2.88 bits per heavy atom. The average Bonchev–Trinajstić information content (AvgIpc) is 2.35. The van der Waals surface area contributed by atoms with Crippen LogP contribution in [0.1, 0.15) is 13.3 Å². The lowest BCUT2D eigenvalue weighted by Gasteiger charge is -2.29. The van der Waals surface area contributed by atoms with Gasteiger partial charge in [0.05, 0.1) is 0 Å². The van der Waals surface area contributed by atoms with Crippen LogP contribution in [0.25, 0.3) is 0 Å². The third-order valence-corrected chi connectivity index (χ3v) is 3.50. The van der Waals surface area contributed by atoms with Crippen molar-refractivity contribution in [2.24, 2.45) is 0 Å². The molecule has 0 saturated heterocycles. The zero-order chi connectivity index (χ0) is 12.0. The van der Waals surface area contributed by atoms with Gasteiger partial charge in [-0.05, 0) is 18.7 Å². The molecule has 1 N–H and O–H groups in total. The molecule has 0 aromatic carbocycles. The van der Waals surface area contributed by atoms with E-state index in [9.17, 15) is 0 Å². The standard InChI is InChI=1S/C12H21N3S/c1-5-10(9-16-4)15(3)11-6-7-14-12(8-11)13-2/h6-8,10H,5,9H2,1-4H3,(H,13,14).